The fourth-order valence-corrected chi connectivity index (χ4v) is 2.58. The molecule has 8 heteroatoms. The summed E-state index contributed by atoms with van der Waals surface area (Å²) in [5.74, 6) is -1.25. The van der Waals surface area contributed by atoms with Gasteiger partial charge in [-0.3, -0.25) is 25.6 Å². The number of unbranched alkanes of at least 4 members (excludes halogenated alkanes) is 1. The van der Waals surface area contributed by atoms with E-state index in [1.807, 2.05) is 0 Å². The Morgan fingerprint density at radius 3 is 2.12 bits per heavy atom. The number of carboxylic acids is 1. The molecule has 1 radical (unpaired) electrons. The van der Waals surface area contributed by atoms with Crippen molar-refractivity contribution in [1.82, 2.24) is 4.90 Å². The standard InChI is InChI=1S/C12H15NO4.C4H5O2.Ir/c14-10-5-6-11(15)13(10)7-8-1-3-9(4-2-8)12(16)17;5-3-1-2-4-6;/h5-6,8-9H,1-4,7H2,(H,16,17);3H,1-2H2;/q;-1;. The van der Waals surface area contributed by atoms with Gasteiger partial charge in [0.25, 0.3) is 11.8 Å². The predicted octanol–water partition coefficient (Wildman–Crippen LogP) is 0.875. The molecule has 1 aliphatic heterocycles. The van der Waals surface area contributed by atoms with E-state index < -0.39 is 5.97 Å². The molecule has 1 aliphatic carbocycles. The Labute approximate surface area is 153 Å². The van der Waals surface area contributed by atoms with E-state index in [1.165, 1.54) is 17.1 Å². The zero-order valence-corrected chi connectivity index (χ0v) is 15.5. The van der Waals surface area contributed by atoms with E-state index >= 15 is 0 Å². The minimum atomic E-state index is -0.738. The third-order valence-electron chi connectivity index (χ3n) is 3.90. The summed E-state index contributed by atoms with van der Waals surface area (Å²) in [6.07, 6.45) is 8.23. The van der Waals surface area contributed by atoms with Crippen molar-refractivity contribution >= 4 is 30.4 Å². The topological polar surface area (TPSA) is 109 Å². The molecule has 0 bridgehead atoms. The smallest absolute Gasteiger partial charge is 0.306 e. The van der Waals surface area contributed by atoms with Crippen LogP contribution in [0, 0.1) is 11.8 Å². The Balaban J connectivity index is 0.000000655. The number of rotatable bonds is 6. The molecule has 2 rings (SSSR count). The summed E-state index contributed by atoms with van der Waals surface area (Å²) >= 11 is 0. The Hall–Kier alpha value is -1.66. The quantitative estimate of drug-likeness (QED) is 0.244. The van der Waals surface area contributed by atoms with E-state index in [4.69, 9.17) is 5.11 Å². The van der Waals surface area contributed by atoms with E-state index in [1.54, 1.807) is 6.29 Å². The van der Waals surface area contributed by atoms with Crippen molar-refractivity contribution in [2.75, 3.05) is 6.54 Å². The number of nitrogens with zero attached hydrogens (tertiary/aromatic N) is 1. The molecule has 2 aliphatic rings. The van der Waals surface area contributed by atoms with Gasteiger partial charge in [0.05, 0.1) is 5.92 Å². The molecule has 1 saturated carbocycles. The largest absolute Gasteiger partial charge is 0.542 e. The molecule has 24 heavy (non-hydrogen) atoms. The molecule has 2 amide bonds. The van der Waals surface area contributed by atoms with Crippen molar-refractivity contribution < 1.29 is 49.2 Å². The number of imide groups is 1. The summed E-state index contributed by atoms with van der Waals surface area (Å²) in [5, 5.41) is 8.86. The molecule has 0 atom stereocenters. The van der Waals surface area contributed by atoms with Crippen LogP contribution in [-0.2, 0) is 44.1 Å². The van der Waals surface area contributed by atoms with Crippen LogP contribution in [0.5, 0.6) is 0 Å². The number of carbonyl (C=O) groups is 4. The van der Waals surface area contributed by atoms with Crippen LogP contribution < -0.4 is 0 Å². The molecule has 0 aromatic carbocycles. The first-order chi connectivity index (χ1) is 11.0. The molecule has 0 unspecified atom stereocenters. The van der Waals surface area contributed by atoms with Crippen LogP contribution in [0.15, 0.2) is 12.2 Å². The van der Waals surface area contributed by atoms with Crippen LogP contribution in [0.1, 0.15) is 38.5 Å². The Kier molecular flexibility index (Phi) is 11.0. The average Bonchev–Trinajstić information content (AvgIpc) is 2.86. The summed E-state index contributed by atoms with van der Waals surface area (Å²) in [7, 11) is 0. The molecule has 7 nitrogen and oxygen atoms in total. The average molecular weight is 515 g/mol. The van der Waals surface area contributed by atoms with Gasteiger partial charge >= 0.3 is 5.97 Å². The van der Waals surface area contributed by atoms with E-state index in [-0.39, 0.29) is 50.2 Å². The van der Waals surface area contributed by atoms with E-state index in [0.717, 1.165) is 12.8 Å². The zero-order valence-electron chi connectivity index (χ0n) is 13.1. The monoisotopic (exact) mass is 515 g/mol. The normalized spacial score (nSPS) is 22.2. The third kappa shape index (κ3) is 7.27. The van der Waals surface area contributed by atoms with Crippen molar-refractivity contribution in [3.05, 3.63) is 12.2 Å². The Morgan fingerprint density at radius 1 is 1.21 bits per heavy atom. The molecule has 0 aromatic heterocycles. The number of hydrogen-bond donors (Lipinski definition) is 1. The molecule has 135 valence electrons. The first kappa shape index (κ1) is 22.3. The third-order valence-corrected chi connectivity index (χ3v) is 3.90. The van der Waals surface area contributed by atoms with Gasteiger partial charge in [0.15, 0.2) is 0 Å². The molecular formula is C16H20IrNO6-. The molecule has 0 saturated heterocycles. The van der Waals surface area contributed by atoms with Crippen LogP contribution in [-0.4, -0.2) is 46.9 Å². The van der Waals surface area contributed by atoms with Gasteiger partial charge in [-0.2, -0.15) is 0 Å². The van der Waals surface area contributed by atoms with Gasteiger partial charge in [0, 0.05) is 38.8 Å². The summed E-state index contributed by atoms with van der Waals surface area (Å²) in [6.45, 7) is 0.428. The van der Waals surface area contributed by atoms with Crippen LogP contribution in [0.2, 0.25) is 0 Å². The second kappa shape index (κ2) is 11.8. The van der Waals surface area contributed by atoms with Crippen LogP contribution >= 0.6 is 0 Å². The summed E-state index contributed by atoms with van der Waals surface area (Å²) in [6, 6.07) is 0. The first-order valence-electron chi connectivity index (χ1n) is 7.54. The second-order valence-electron chi connectivity index (χ2n) is 5.53. The maximum Gasteiger partial charge on any atom is 0.306 e. The predicted molar refractivity (Wildman–Crippen MR) is 79.9 cm³/mol. The first-order valence-corrected chi connectivity index (χ1v) is 7.54. The maximum absolute atomic E-state index is 11.4. The van der Waals surface area contributed by atoms with Gasteiger partial charge in [0.1, 0.15) is 6.29 Å². The van der Waals surface area contributed by atoms with E-state index in [2.05, 4.69) is 0 Å². The van der Waals surface area contributed by atoms with Crippen molar-refractivity contribution in [3.8, 4) is 0 Å². The van der Waals surface area contributed by atoms with Crippen LogP contribution in [0.3, 0.4) is 0 Å². The van der Waals surface area contributed by atoms with Crippen LogP contribution in [0.4, 0.5) is 0 Å². The van der Waals surface area contributed by atoms with Crippen molar-refractivity contribution in [2.24, 2.45) is 11.8 Å². The number of aldehydes is 1. The van der Waals surface area contributed by atoms with Gasteiger partial charge in [-0.1, -0.05) is 0 Å². The molecule has 1 N–H and O–H groups in total. The summed E-state index contributed by atoms with van der Waals surface area (Å²) in [4.78, 5) is 53.4. The fraction of sp³-hybridized carbons (Fsp3) is 0.562. The molecule has 0 aromatic rings. The fourth-order valence-electron chi connectivity index (χ4n) is 2.58. The molecule has 1 fully saturated rings. The number of hydrogen-bond acceptors (Lipinski definition) is 5. The number of carbonyl (C=O) groups excluding carboxylic acids is 4. The van der Waals surface area contributed by atoms with Gasteiger partial charge in [-0.05, 0) is 38.0 Å². The minimum absolute atomic E-state index is 0. The van der Waals surface area contributed by atoms with Gasteiger partial charge in [-0.15, -0.1) is 6.42 Å². The van der Waals surface area contributed by atoms with Gasteiger partial charge in [0.2, 0.25) is 0 Å². The SMILES string of the molecule is O=C(O)C1CCC(CN2C(=O)C=CC2=O)CC1.O=[C-]CCC=O.[Ir]. The van der Waals surface area contributed by atoms with Gasteiger partial charge < -0.3 is 14.7 Å². The summed E-state index contributed by atoms with van der Waals surface area (Å²) < 4.78 is 0. The van der Waals surface area contributed by atoms with E-state index in [9.17, 15) is 24.0 Å². The number of carboxylic acid groups (broad SMARTS) is 1. The van der Waals surface area contributed by atoms with Crippen molar-refractivity contribution in [2.45, 2.75) is 38.5 Å². The van der Waals surface area contributed by atoms with Gasteiger partial charge in [-0.25, -0.2) is 0 Å². The van der Waals surface area contributed by atoms with Crippen molar-refractivity contribution in [1.29, 1.82) is 0 Å². The zero-order chi connectivity index (χ0) is 17.2. The van der Waals surface area contributed by atoms with E-state index in [0.29, 0.717) is 32.1 Å². The van der Waals surface area contributed by atoms with Crippen LogP contribution in [0.25, 0.3) is 0 Å². The number of amides is 2. The maximum atomic E-state index is 11.4. The molecular weight excluding hydrogens is 494 g/mol. The van der Waals surface area contributed by atoms with Crippen molar-refractivity contribution in [3.63, 3.8) is 0 Å². The molecule has 0 spiro atoms. The Morgan fingerprint density at radius 2 is 1.75 bits per heavy atom. The summed E-state index contributed by atoms with van der Waals surface area (Å²) in [5.41, 5.74) is 0. The Bertz CT molecular complexity index is 471. The minimum Gasteiger partial charge on any atom is -0.542 e. The molecule has 1 heterocycles. The second-order valence-corrected chi connectivity index (χ2v) is 5.53. The number of aliphatic carboxylic acids is 1.